The lowest BCUT2D eigenvalue weighted by Crippen LogP contribution is -2.14. The van der Waals surface area contributed by atoms with Gasteiger partial charge in [0.15, 0.2) is 0 Å². The molecule has 9 rings (SSSR count). The molecule has 1 aliphatic carbocycles. The van der Waals surface area contributed by atoms with E-state index in [1.807, 2.05) is 36.4 Å². The van der Waals surface area contributed by atoms with Gasteiger partial charge in [0.05, 0.1) is 11.0 Å². The number of rotatable bonds is 3. The number of hydrogen-bond donors (Lipinski definition) is 0. The van der Waals surface area contributed by atoms with Crippen LogP contribution in [0.15, 0.2) is 140 Å². The lowest BCUT2D eigenvalue weighted by molar-refractivity contribution is 0.660. The molecule has 2 heteroatoms. The molecule has 7 aromatic carbocycles. The van der Waals surface area contributed by atoms with Crippen LogP contribution in [0.25, 0.3) is 71.6 Å². The zero-order valence-corrected chi connectivity index (χ0v) is 25.2. The summed E-state index contributed by atoms with van der Waals surface area (Å²) in [4.78, 5) is 4.56. The molecule has 0 radical (unpaired) electrons. The summed E-state index contributed by atoms with van der Waals surface area (Å²) >= 11 is 0. The van der Waals surface area contributed by atoms with Gasteiger partial charge in [0.1, 0.15) is 5.82 Å². The third-order valence-electron chi connectivity index (χ3n) is 9.76. The van der Waals surface area contributed by atoms with Gasteiger partial charge in [-0.05, 0) is 103 Å². The molecule has 1 heterocycles. The molecule has 0 fully saturated rings. The minimum atomic E-state index is -2.37. The van der Waals surface area contributed by atoms with Crippen molar-refractivity contribution in [2.24, 2.45) is 0 Å². The first kappa shape index (κ1) is 23.0. The van der Waals surface area contributed by atoms with Crippen LogP contribution in [0.5, 0.6) is 0 Å². The number of fused-ring (bicyclic) bond motifs is 6. The van der Waals surface area contributed by atoms with Crippen LogP contribution in [0.4, 0.5) is 0 Å². The average molecular weight is 580 g/mol. The number of para-hydroxylation sites is 2. The van der Waals surface area contributed by atoms with Crippen LogP contribution >= 0.6 is 0 Å². The summed E-state index contributed by atoms with van der Waals surface area (Å²) in [5, 5.41) is 4.66. The molecule has 214 valence electrons. The van der Waals surface area contributed by atoms with E-state index in [9.17, 15) is 0 Å². The van der Waals surface area contributed by atoms with Crippen molar-refractivity contribution in [3.05, 3.63) is 156 Å². The molecule has 0 amide bonds. The minimum Gasteiger partial charge on any atom is -0.297 e. The number of imidazole rings is 1. The van der Waals surface area contributed by atoms with Gasteiger partial charge in [-0.3, -0.25) is 4.57 Å². The second-order valence-corrected chi connectivity index (χ2v) is 12.6. The van der Waals surface area contributed by atoms with Crippen LogP contribution in [0, 0.1) is 6.85 Å². The number of hydrogen-bond acceptors (Lipinski definition) is 1. The van der Waals surface area contributed by atoms with Gasteiger partial charge in [-0.1, -0.05) is 123 Å². The highest BCUT2D eigenvalue weighted by atomic mass is 15.1. The van der Waals surface area contributed by atoms with Gasteiger partial charge in [-0.15, -0.1) is 0 Å². The molecule has 1 aliphatic rings. The second-order valence-electron chi connectivity index (χ2n) is 12.6. The molecule has 0 unspecified atom stereocenters. The van der Waals surface area contributed by atoms with Gasteiger partial charge in [0.25, 0.3) is 0 Å². The first-order valence-corrected chi connectivity index (χ1v) is 15.5. The van der Waals surface area contributed by atoms with Gasteiger partial charge >= 0.3 is 0 Å². The highest BCUT2D eigenvalue weighted by Gasteiger charge is 2.35. The zero-order valence-electron chi connectivity index (χ0n) is 28.2. The molecule has 0 aliphatic heterocycles. The summed E-state index contributed by atoms with van der Waals surface area (Å²) < 4.78 is 26.7. The Morgan fingerprint density at radius 3 is 1.87 bits per heavy atom. The maximum absolute atomic E-state index is 8.29. The molecule has 0 spiro atoms. The summed E-state index contributed by atoms with van der Waals surface area (Å²) in [5.41, 5.74) is 12.0. The molecular weight excluding hydrogens is 544 g/mol. The van der Waals surface area contributed by atoms with Crippen molar-refractivity contribution in [2.75, 3.05) is 0 Å². The normalized spacial score (nSPS) is 14.7. The predicted molar refractivity (Wildman–Crippen MR) is 189 cm³/mol. The SMILES string of the molecule is [2H]C([2H])([2H])c1nc2ccccc2n1-c1cccc(-c2c3ccccc3c(-c3ccc4c(c3)C(C)(C)c3ccccc3-4)c3ccccc23)c1. The Balaban J connectivity index is 1.30. The monoisotopic (exact) mass is 579 g/mol. The largest absolute Gasteiger partial charge is 0.297 e. The summed E-state index contributed by atoms with van der Waals surface area (Å²) in [7, 11) is 0. The Hall–Kier alpha value is -5.47. The second kappa shape index (κ2) is 9.51. The van der Waals surface area contributed by atoms with E-state index in [0.29, 0.717) is 5.52 Å². The Morgan fingerprint density at radius 1 is 0.556 bits per heavy atom. The molecule has 0 N–H and O–H groups in total. The Morgan fingerprint density at radius 2 is 1.16 bits per heavy atom. The molecule has 2 nitrogen and oxygen atoms in total. The van der Waals surface area contributed by atoms with Gasteiger partial charge < -0.3 is 0 Å². The molecule has 1 aromatic heterocycles. The van der Waals surface area contributed by atoms with Crippen molar-refractivity contribution in [3.63, 3.8) is 0 Å². The highest BCUT2D eigenvalue weighted by molar-refractivity contribution is 6.21. The predicted octanol–water partition coefficient (Wildman–Crippen LogP) is 11.3. The van der Waals surface area contributed by atoms with Crippen LogP contribution in [-0.2, 0) is 5.41 Å². The number of aryl methyl sites for hydroxylation is 1. The average Bonchev–Trinajstić information content (AvgIpc) is 3.61. The van der Waals surface area contributed by atoms with Crippen LogP contribution in [0.3, 0.4) is 0 Å². The molecular formula is C43H32N2. The van der Waals surface area contributed by atoms with Gasteiger partial charge in [-0.2, -0.15) is 0 Å². The van der Waals surface area contributed by atoms with Crippen molar-refractivity contribution in [1.82, 2.24) is 9.55 Å². The van der Waals surface area contributed by atoms with Crippen molar-refractivity contribution in [1.29, 1.82) is 0 Å². The molecule has 0 saturated heterocycles. The highest BCUT2D eigenvalue weighted by Crippen LogP contribution is 2.51. The third-order valence-corrected chi connectivity index (χ3v) is 9.76. The Labute approximate surface area is 267 Å². The van der Waals surface area contributed by atoms with Crippen LogP contribution in [0.2, 0.25) is 0 Å². The first-order valence-electron chi connectivity index (χ1n) is 17.0. The van der Waals surface area contributed by atoms with Gasteiger partial charge in [0.2, 0.25) is 0 Å². The maximum atomic E-state index is 8.29. The third kappa shape index (κ3) is 3.72. The van der Waals surface area contributed by atoms with E-state index >= 15 is 0 Å². The first-order chi connectivity index (χ1) is 23.2. The quantitative estimate of drug-likeness (QED) is 0.190. The standard InChI is InChI=1S/C43H32N2/c1-27-44-39-21-10-11-22-40(39)45(27)30-14-12-13-28(25-30)41-33-16-4-6-18-35(33)42(36-19-7-5-17-34(36)41)29-23-24-32-31-15-8-9-20-37(31)43(2,3)38(32)26-29/h4-26H,1-3H3/i1D3. The fourth-order valence-electron chi connectivity index (χ4n) is 7.70. The summed E-state index contributed by atoms with van der Waals surface area (Å²) in [6.07, 6.45) is 0. The van der Waals surface area contributed by atoms with Gasteiger partial charge in [0, 0.05) is 15.2 Å². The van der Waals surface area contributed by atoms with E-state index in [0.717, 1.165) is 33.1 Å². The van der Waals surface area contributed by atoms with Crippen molar-refractivity contribution in [2.45, 2.75) is 26.1 Å². The molecule has 45 heavy (non-hydrogen) atoms. The van der Waals surface area contributed by atoms with E-state index in [1.54, 1.807) is 4.57 Å². The van der Waals surface area contributed by atoms with Crippen molar-refractivity contribution in [3.8, 4) is 39.1 Å². The fraction of sp³-hybridized carbons (Fsp3) is 0.0930. The van der Waals surface area contributed by atoms with E-state index in [2.05, 4.69) is 122 Å². The van der Waals surface area contributed by atoms with Crippen LogP contribution in [0.1, 0.15) is 34.9 Å². The lowest BCUT2D eigenvalue weighted by atomic mass is 9.80. The molecule has 0 bridgehead atoms. The van der Waals surface area contributed by atoms with Crippen molar-refractivity contribution < 1.29 is 4.11 Å². The Kier molecular flexibility index (Phi) is 4.86. The summed E-state index contributed by atoms with van der Waals surface area (Å²) in [5.74, 6) is 0.0626. The minimum absolute atomic E-state index is 0.0626. The van der Waals surface area contributed by atoms with E-state index in [-0.39, 0.29) is 11.2 Å². The van der Waals surface area contributed by atoms with E-state index in [1.165, 1.54) is 44.2 Å². The molecule has 0 atom stereocenters. The fourth-order valence-corrected chi connectivity index (χ4v) is 7.70. The summed E-state index contributed by atoms with van der Waals surface area (Å²) in [6.45, 7) is 2.28. The molecule has 0 saturated carbocycles. The van der Waals surface area contributed by atoms with Crippen LogP contribution < -0.4 is 0 Å². The number of nitrogens with zero attached hydrogens (tertiary/aromatic N) is 2. The smallest absolute Gasteiger partial charge is 0.111 e. The number of benzene rings is 7. The topological polar surface area (TPSA) is 17.8 Å². The zero-order chi connectivity index (χ0) is 32.8. The lowest BCUT2D eigenvalue weighted by Gasteiger charge is -2.23. The molecule has 8 aromatic rings. The van der Waals surface area contributed by atoms with Gasteiger partial charge in [-0.25, -0.2) is 4.98 Å². The van der Waals surface area contributed by atoms with Crippen LogP contribution in [-0.4, -0.2) is 9.55 Å². The Bertz CT molecular complexity index is 2530. The number of aromatic nitrogens is 2. The maximum Gasteiger partial charge on any atom is 0.111 e. The van der Waals surface area contributed by atoms with E-state index in [4.69, 9.17) is 4.11 Å². The van der Waals surface area contributed by atoms with Crippen molar-refractivity contribution >= 4 is 32.6 Å². The van der Waals surface area contributed by atoms with E-state index < -0.39 is 6.85 Å². The summed E-state index contributed by atoms with van der Waals surface area (Å²) in [6, 6.07) is 48.9.